The van der Waals surface area contributed by atoms with Gasteiger partial charge in [0.05, 0.1) is 13.1 Å². The van der Waals surface area contributed by atoms with Gasteiger partial charge < -0.3 is 26.5 Å². The van der Waals surface area contributed by atoms with Crippen molar-refractivity contribution < 1.29 is 52.3 Å². The summed E-state index contributed by atoms with van der Waals surface area (Å²) in [5.41, 5.74) is 1.21. The molecule has 2 aromatic rings. The molecule has 0 aliphatic rings. The Balaban J connectivity index is 0. The number of benzene rings is 2. The van der Waals surface area contributed by atoms with Crippen LogP contribution < -0.4 is 15.5 Å². The molecule has 0 unspecified atom stereocenters. The van der Waals surface area contributed by atoms with Crippen molar-refractivity contribution in [1.82, 2.24) is 5.32 Å². The largest absolute Gasteiger partial charge is 2.00 e. The van der Waals surface area contributed by atoms with Gasteiger partial charge in [-0.3, -0.25) is 9.98 Å². The van der Waals surface area contributed by atoms with Crippen LogP contribution in [0.15, 0.2) is 58.5 Å². The minimum atomic E-state index is -0.0165. The van der Waals surface area contributed by atoms with E-state index in [2.05, 4.69) is 15.3 Å². The average Bonchev–Trinajstić information content (AvgIpc) is 2.56. The molecule has 0 atom stereocenters. The second kappa shape index (κ2) is 15.6. The molecule has 0 fully saturated rings. The SMILES string of the molecule is [O-2].[O-2].[O-]c1ccccc1C=NCCNCCN=Cc1ccccc1[O-].[U]. The van der Waals surface area contributed by atoms with Crippen molar-refractivity contribution in [2.75, 3.05) is 26.2 Å². The van der Waals surface area contributed by atoms with E-state index in [4.69, 9.17) is 0 Å². The molecule has 0 heterocycles. The zero-order valence-electron chi connectivity index (χ0n) is 14.1. The zero-order chi connectivity index (χ0) is 16.3. The molecule has 0 aromatic heterocycles. The van der Waals surface area contributed by atoms with Crippen molar-refractivity contribution in [3.63, 3.8) is 0 Å². The molecule has 0 spiro atoms. The van der Waals surface area contributed by atoms with Crippen LogP contribution in [-0.4, -0.2) is 38.6 Å². The topological polar surface area (TPSA) is 140 Å². The van der Waals surface area contributed by atoms with Gasteiger partial charge >= 0.3 is 0 Å². The number of rotatable bonds is 8. The zero-order valence-corrected chi connectivity index (χ0v) is 18.3. The third-order valence-corrected chi connectivity index (χ3v) is 3.13. The molecular weight excluding hydrogens is 560 g/mol. The Kier molecular flexibility index (Phi) is 15.9. The van der Waals surface area contributed by atoms with Gasteiger partial charge in [0.1, 0.15) is 0 Å². The van der Waals surface area contributed by atoms with Gasteiger partial charge in [-0.15, -0.1) is 11.5 Å². The van der Waals surface area contributed by atoms with E-state index in [0.717, 1.165) is 0 Å². The van der Waals surface area contributed by atoms with Crippen molar-refractivity contribution in [2.24, 2.45) is 9.98 Å². The summed E-state index contributed by atoms with van der Waals surface area (Å²) in [6.07, 6.45) is 3.21. The molecule has 0 aliphatic heterocycles. The number of para-hydroxylation sites is 2. The van der Waals surface area contributed by atoms with Gasteiger partial charge in [-0.05, 0) is 11.1 Å². The molecule has 0 aliphatic carbocycles. The first kappa shape index (κ1) is 26.5. The molecule has 26 heavy (non-hydrogen) atoms. The normalized spacial score (nSPS) is 10.2. The molecule has 140 valence electrons. The number of aliphatic imine (C=N–C) groups is 2. The number of hydrogen-bond donors (Lipinski definition) is 1. The van der Waals surface area contributed by atoms with Crippen LogP contribution in [-0.2, 0) is 11.0 Å². The van der Waals surface area contributed by atoms with Crippen LogP contribution in [0, 0.1) is 31.1 Å². The molecule has 7 nitrogen and oxygen atoms in total. The molecule has 8 heteroatoms. The summed E-state index contributed by atoms with van der Waals surface area (Å²) in [6, 6.07) is 13.6. The van der Waals surface area contributed by atoms with E-state index in [1.165, 1.54) is 12.1 Å². The fourth-order valence-electron chi connectivity index (χ4n) is 1.91. The molecule has 0 amide bonds. The Hall–Kier alpha value is -1.69. The van der Waals surface area contributed by atoms with Crippen molar-refractivity contribution >= 4 is 12.4 Å². The summed E-state index contributed by atoms with van der Waals surface area (Å²) in [4.78, 5) is 8.42. The summed E-state index contributed by atoms with van der Waals surface area (Å²) < 4.78 is 0. The van der Waals surface area contributed by atoms with Crippen LogP contribution >= 0.6 is 0 Å². The molecule has 0 radical (unpaired) electrons. The molecule has 0 saturated heterocycles. The van der Waals surface area contributed by atoms with Crippen molar-refractivity contribution in [3.8, 4) is 11.5 Å². The Morgan fingerprint density at radius 2 is 1.12 bits per heavy atom. The third kappa shape index (κ3) is 9.71. The molecule has 2 rings (SSSR count). The van der Waals surface area contributed by atoms with Gasteiger partial charge in [0.2, 0.25) is 0 Å². The van der Waals surface area contributed by atoms with E-state index in [9.17, 15) is 10.2 Å². The van der Waals surface area contributed by atoms with Crippen LogP contribution in [0.5, 0.6) is 11.5 Å². The van der Waals surface area contributed by atoms with Crippen molar-refractivity contribution in [3.05, 3.63) is 59.7 Å². The molecular formula is C18H19N3O4U-6. The summed E-state index contributed by atoms with van der Waals surface area (Å²) in [6.45, 7) is 2.62. The smallest absolute Gasteiger partial charge is 0.0514 e. The van der Waals surface area contributed by atoms with Crippen LogP contribution in [0.1, 0.15) is 11.1 Å². The van der Waals surface area contributed by atoms with Gasteiger partial charge in [-0.25, -0.2) is 0 Å². The predicted molar refractivity (Wildman–Crippen MR) is 90.9 cm³/mol. The summed E-state index contributed by atoms with van der Waals surface area (Å²) in [5, 5.41) is 26.1. The Bertz CT molecular complexity index is 623. The summed E-state index contributed by atoms with van der Waals surface area (Å²) >= 11 is 0. The first-order valence-corrected chi connectivity index (χ1v) is 7.50. The van der Waals surface area contributed by atoms with Crippen LogP contribution in [0.3, 0.4) is 0 Å². The van der Waals surface area contributed by atoms with Crippen molar-refractivity contribution in [2.45, 2.75) is 0 Å². The van der Waals surface area contributed by atoms with E-state index in [0.29, 0.717) is 37.3 Å². The summed E-state index contributed by atoms with van der Waals surface area (Å²) in [5.74, 6) is -0.0330. The first-order valence-electron chi connectivity index (χ1n) is 7.50. The monoisotopic (exact) mass is 579 g/mol. The molecule has 0 saturated carbocycles. The van der Waals surface area contributed by atoms with Gasteiger partial charge in [0.15, 0.2) is 0 Å². The maximum Gasteiger partial charge on any atom is 0.0514 e. The molecule has 2 aromatic carbocycles. The second-order valence-electron chi connectivity index (χ2n) is 4.90. The standard InChI is InChI=1S/C18H21N3O2.2O.U/c22-17-7-3-1-5-15(17)13-20-11-9-19-10-12-21-14-16-6-2-4-8-18(16)23;;;/h1-8,13-14,19,22-23H,9-12H2;;;/q;2*-2;/p-2. The Labute approximate surface area is 176 Å². The quantitative estimate of drug-likeness (QED) is 0.364. The van der Waals surface area contributed by atoms with E-state index < -0.39 is 0 Å². The third-order valence-electron chi connectivity index (χ3n) is 3.13. The number of nitrogens with one attached hydrogen (secondary N) is 1. The van der Waals surface area contributed by atoms with E-state index in [1.54, 1.807) is 36.7 Å². The minimum absolute atomic E-state index is 0. The van der Waals surface area contributed by atoms with Gasteiger partial charge in [0, 0.05) is 56.6 Å². The number of nitrogens with zero attached hydrogens (tertiary/aromatic N) is 2. The van der Waals surface area contributed by atoms with E-state index in [1.807, 2.05) is 12.1 Å². The van der Waals surface area contributed by atoms with Crippen LogP contribution in [0.25, 0.3) is 0 Å². The van der Waals surface area contributed by atoms with Gasteiger partial charge in [-0.1, -0.05) is 48.5 Å². The summed E-state index contributed by atoms with van der Waals surface area (Å²) in [7, 11) is 0. The van der Waals surface area contributed by atoms with E-state index in [-0.39, 0.29) is 53.6 Å². The second-order valence-corrected chi connectivity index (χ2v) is 4.90. The average molecular weight is 579 g/mol. The van der Waals surface area contributed by atoms with Crippen molar-refractivity contribution in [1.29, 1.82) is 0 Å². The molecule has 1 N–H and O–H groups in total. The fourth-order valence-corrected chi connectivity index (χ4v) is 1.91. The molecule has 0 bridgehead atoms. The van der Waals surface area contributed by atoms with Gasteiger partial charge in [-0.2, -0.15) is 0 Å². The Morgan fingerprint density at radius 3 is 1.50 bits per heavy atom. The Morgan fingerprint density at radius 1 is 0.731 bits per heavy atom. The predicted octanol–water partition coefficient (Wildman–Crippen LogP) is 0.724. The van der Waals surface area contributed by atoms with E-state index >= 15 is 0 Å². The maximum atomic E-state index is 11.5. The van der Waals surface area contributed by atoms with Crippen LogP contribution in [0.4, 0.5) is 0 Å². The first-order chi connectivity index (χ1) is 11.3. The minimum Gasteiger partial charge on any atom is -2.00 e. The maximum absolute atomic E-state index is 11.5. The fraction of sp³-hybridized carbons (Fsp3) is 0.222. The van der Waals surface area contributed by atoms with Crippen LogP contribution in [0.2, 0.25) is 0 Å². The number of hydrogen-bond acceptors (Lipinski definition) is 5. The van der Waals surface area contributed by atoms with Gasteiger partial charge in [0.25, 0.3) is 0 Å².